The molecule has 22 heavy (non-hydrogen) atoms. The van der Waals surface area contributed by atoms with Crippen molar-refractivity contribution >= 4 is 0 Å². The van der Waals surface area contributed by atoms with Crippen molar-refractivity contribution in [1.82, 2.24) is 14.5 Å². The first kappa shape index (κ1) is 16.6. The summed E-state index contributed by atoms with van der Waals surface area (Å²) in [5, 5.41) is 0. The highest BCUT2D eigenvalue weighted by atomic mass is 19.1. The Bertz CT molecular complexity index is 594. The van der Waals surface area contributed by atoms with Crippen molar-refractivity contribution in [2.45, 2.75) is 18.9 Å². The Labute approximate surface area is 131 Å². The largest absolute Gasteiger partial charge is 0.363 e. The summed E-state index contributed by atoms with van der Waals surface area (Å²) >= 11 is 0. The zero-order valence-electron chi connectivity index (χ0n) is 13.7. The quantitative estimate of drug-likeness (QED) is 0.737. The van der Waals surface area contributed by atoms with Gasteiger partial charge in [-0.25, -0.2) is 9.37 Å². The number of benzene rings is 1. The average Bonchev–Trinajstić information content (AvgIpc) is 2.91. The fraction of sp³-hybridized carbons (Fsp3) is 0.471. The molecule has 0 aliphatic heterocycles. The Balaban J connectivity index is 2.24. The lowest BCUT2D eigenvalue weighted by molar-refractivity contribution is -0.0152. The summed E-state index contributed by atoms with van der Waals surface area (Å²) in [7, 11) is 6.02. The molecule has 2 rings (SSSR count). The zero-order chi connectivity index (χ0) is 16.2. The third kappa shape index (κ3) is 3.72. The van der Waals surface area contributed by atoms with E-state index in [0.717, 1.165) is 24.4 Å². The van der Waals surface area contributed by atoms with Crippen molar-refractivity contribution in [2.75, 3.05) is 27.2 Å². The lowest BCUT2D eigenvalue weighted by Gasteiger charge is -2.30. The van der Waals surface area contributed by atoms with Gasteiger partial charge in [0.25, 0.3) is 0 Å². The van der Waals surface area contributed by atoms with Crippen LogP contribution in [0.5, 0.6) is 0 Å². The molecule has 1 aromatic heterocycles. The number of halogens is 1. The smallest absolute Gasteiger partial charge is 0.148 e. The first-order valence-electron chi connectivity index (χ1n) is 7.46. The summed E-state index contributed by atoms with van der Waals surface area (Å²) in [5.74, 6) is 0.558. The second-order valence-corrected chi connectivity index (χ2v) is 5.91. The van der Waals surface area contributed by atoms with E-state index in [-0.39, 0.29) is 5.82 Å². The van der Waals surface area contributed by atoms with Gasteiger partial charge >= 0.3 is 0 Å². The maximum absolute atomic E-state index is 13.2. The molecule has 1 aromatic carbocycles. The molecule has 4 nitrogen and oxygen atoms in total. The number of imidazole rings is 1. The van der Waals surface area contributed by atoms with Crippen LogP contribution in [-0.2, 0) is 17.4 Å². The standard InChI is InChI=1S/C17H24FN3O/c1-17(16-19-10-12-21(16)4,22-13-5-11-20(2)3)14-6-8-15(18)9-7-14/h6-10,12H,5,11,13H2,1-4H3. The number of hydrogen-bond donors (Lipinski definition) is 0. The lowest BCUT2D eigenvalue weighted by atomic mass is 9.94. The van der Waals surface area contributed by atoms with E-state index in [1.807, 2.05) is 38.8 Å². The summed E-state index contributed by atoms with van der Waals surface area (Å²) in [6.45, 7) is 3.55. The molecule has 120 valence electrons. The first-order chi connectivity index (χ1) is 10.4. The van der Waals surface area contributed by atoms with Crippen LogP contribution in [0.15, 0.2) is 36.7 Å². The summed E-state index contributed by atoms with van der Waals surface area (Å²) in [4.78, 5) is 6.56. The lowest BCUT2D eigenvalue weighted by Crippen LogP contribution is -2.32. The van der Waals surface area contributed by atoms with Crippen molar-refractivity contribution < 1.29 is 9.13 Å². The van der Waals surface area contributed by atoms with E-state index >= 15 is 0 Å². The van der Waals surface area contributed by atoms with Gasteiger partial charge < -0.3 is 14.2 Å². The van der Waals surface area contributed by atoms with Crippen LogP contribution >= 0.6 is 0 Å². The molecule has 1 unspecified atom stereocenters. The van der Waals surface area contributed by atoms with Crippen molar-refractivity contribution in [1.29, 1.82) is 0 Å². The van der Waals surface area contributed by atoms with E-state index in [9.17, 15) is 4.39 Å². The average molecular weight is 305 g/mol. The molecule has 1 heterocycles. The molecule has 0 N–H and O–H groups in total. The van der Waals surface area contributed by atoms with Crippen molar-refractivity contribution in [2.24, 2.45) is 7.05 Å². The Morgan fingerprint density at radius 3 is 2.50 bits per heavy atom. The molecular weight excluding hydrogens is 281 g/mol. The molecule has 0 spiro atoms. The van der Waals surface area contributed by atoms with Gasteiger partial charge in [0.15, 0.2) is 0 Å². The minimum absolute atomic E-state index is 0.251. The van der Waals surface area contributed by atoms with Crippen LogP contribution < -0.4 is 0 Å². The van der Waals surface area contributed by atoms with Crippen molar-refractivity contribution in [3.63, 3.8) is 0 Å². The third-order valence-corrected chi connectivity index (χ3v) is 3.78. The number of nitrogens with zero attached hydrogens (tertiary/aromatic N) is 3. The van der Waals surface area contributed by atoms with E-state index in [0.29, 0.717) is 6.61 Å². The molecule has 0 bridgehead atoms. The van der Waals surface area contributed by atoms with Gasteiger partial charge in [-0.15, -0.1) is 0 Å². The van der Waals surface area contributed by atoms with E-state index in [4.69, 9.17) is 4.74 Å². The summed E-state index contributed by atoms with van der Waals surface area (Å²) < 4.78 is 21.4. The highest BCUT2D eigenvalue weighted by molar-refractivity contribution is 5.29. The molecule has 0 amide bonds. The van der Waals surface area contributed by atoms with Crippen LogP contribution in [0.4, 0.5) is 4.39 Å². The van der Waals surface area contributed by atoms with Gasteiger partial charge in [-0.3, -0.25) is 0 Å². The van der Waals surface area contributed by atoms with Crippen LogP contribution in [0.2, 0.25) is 0 Å². The molecule has 0 radical (unpaired) electrons. The first-order valence-corrected chi connectivity index (χ1v) is 7.46. The monoisotopic (exact) mass is 305 g/mol. The summed E-state index contributed by atoms with van der Waals surface area (Å²) in [5.41, 5.74) is 0.200. The minimum Gasteiger partial charge on any atom is -0.363 e. The van der Waals surface area contributed by atoms with Gasteiger partial charge in [0.2, 0.25) is 0 Å². The van der Waals surface area contributed by atoms with Crippen LogP contribution in [0, 0.1) is 5.82 Å². The molecule has 0 fully saturated rings. The molecule has 2 aromatic rings. The predicted octanol–water partition coefficient (Wildman–Crippen LogP) is 2.79. The Hall–Kier alpha value is -1.72. The van der Waals surface area contributed by atoms with Crippen LogP contribution in [-0.4, -0.2) is 41.7 Å². The van der Waals surface area contributed by atoms with Gasteiger partial charge in [0.05, 0.1) is 0 Å². The summed E-state index contributed by atoms with van der Waals surface area (Å²) in [6.07, 6.45) is 4.56. The maximum Gasteiger partial charge on any atom is 0.148 e. The number of ether oxygens (including phenoxy) is 1. The fourth-order valence-electron chi connectivity index (χ4n) is 2.53. The number of aryl methyl sites for hydroxylation is 1. The van der Waals surface area contributed by atoms with Crippen LogP contribution in [0.3, 0.4) is 0 Å². The predicted molar refractivity (Wildman–Crippen MR) is 85.2 cm³/mol. The number of rotatable bonds is 7. The SMILES string of the molecule is CN(C)CCCOC(C)(c1ccc(F)cc1)c1nccn1C. The van der Waals surface area contributed by atoms with Crippen LogP contribution in [0.1, 0.15) is 24.7 Å². The normalized spacial score (nSPS) is 14.3. The molecule has 0 saturated carbocycles. The summed E-state index contributed by atoms with van der Waals surface area (Å²) in [6, 6.07) is 6.44. The maximum atomic E-state index is 13.2. The van der Waals surface area contributed by atoms with Gasteiger partial charge in [-0.2, -0.15) is 0 Å². The van der Waals surface area contributed by atoms with Crippen molar-refractivity contribution in [3.8, 4) is 0 Å². The molecule has 5 heteroatoms. The van der Waals surface area contributed by atoms with E-state index in [1.165, 1.54) is 12.1 Å². The third-order valence-electron chi connectivity index (χ3n) is 3.78. The number of aromatic nitrogens is 2. The minimum atomic E-state index is -0.696. The second kappa shape index (κ2) is 7.03. The molecule has 0 aliphatic carbocycles. The molecule has 0 aliphatic rings. The van der Waals surface area contributed by atoms with Gasteiger partial charge in [-0.05, 0) is 51.7 Å². The Morgan fingerprint density at radius 1 is 1.27 bits per heavy atom. The van der Waals surface area contributed by atoms with E-state index in [2.05, 4.69) is 9.88 Å². The van der Waals surface area contributed by atoms with Gasteiger partial charge in [0.1, 0.15) is 17.2 Å². The number of hydrogen-bond acceptors (Lipinski definition) is 3. The van der Waals surface area contributed by atoms with Crippen molar-refractivity contribution in [3.05, 3.63) is 53.9 Å². The Morgan fingerprint density at radius 2 is 1.95 bits per heavy atom. The Kier molecular flexibility index (Phi) is 5.32. The molecule has 0 saturated heterocycles. The topological polar surface area (TPSA) is 30.3 Å². The van der Waals surface area contributed by atoms with E-state index in [1.54, 1.807) is 18.3 Å². The highest BCUT2D eigenvalue weighted by Gasteiger charge is 2.33. The van der Waals surface area contributed by atoms with Gasteiger partial charge in [0, 0.05) is 26.0 Å². The van der Waals surface area contributed by atoms with Crippen LogP contribution in [0.25, 0.3) is 0 Å². The zero-order valence-corrected chi connectivity index (χ0v) is 13.7. The highest BCUT2D eigenvalue weighted by Crippen LogP contribution is 2.32. The second-order valence-electron chi connectivity index (χ2n) is 5.91. The fourth-order valence-corrected chi connectivity index (χ4v) is 2.53. The van der Waals surface area contributed by atoms with Gasteiger partial charge in [-0.1, -0.05) is 12.1 Å². The molecular formula is C17H24FN3O. The molecule has 1 atom stereocenters. The van der Waals surface area contributed by atoms with E-state index < -0.39 is 5.60 Å².